The van der Waals surface area contributed by atoms with Crippen LogP contribution in [0.5, 0.6) is 0 Å². The molecule has 5 saturated carbocycles. The Morgan fingerprint density at radius 1 is 0.400 bits per heavy atom. The maximum atomic E-state index is 2.58. The molecule has 5 aliphatic rings. The minimum atomic E-state index is 0.576. The molecule has 1 aromatic rings. The SMILES string of the molecule is CC(C)C1CCC(C(C)C)CC1.CC(C)c1ccc(C(C)C)cc1.CC1(C)CCC(C(C)(C)C2CCC(C)(C)CC2)CC1.CC1(C)CCC(CC2CCC(C)(C)CC2)CC1. The van der Waals surface area contributed by atoms with Crippen molar-refractivity contribution in [2.45, 2.75) is 271 Å². The van der Waals surface area contributed by atoms with Crippen LogP contribution in [0.15, 0.2) is 24.3 Å². The molecule has 6 rings (SSSR count). The summed E-state index contributed by atoms with van der Waals surface area (Å²) in [5, 5.41) is 0. The Morgan fingerprint density at radius 2 is 0.633 bits per heavy atom. The van der Waals surface area contributed by atoms with Crippen molar-refractivity contribution < 1.29 is 0 Å². The van der Waals surface area contributed by atoms with Crippen LogP contribution in [0.3, 0.4) is 0 Å². The predicted molar refractivity (Wildman–Crippen MR) is 271 cm³/mol. The Balaban J connectivity index is 0.000000218. The topological polar surface area (TPSA) is 0 Å². The third-order valence-electron chi connectivity index (χ3n) is 18.3. The lowest BCUT2D eigenvalue weighted by molar-refractivity contribution is 0.0148. The molecule has 0 N–H and O–H groups in total. The van der Waals surface area contributed by atoms with Crippen molar-refractivity contribution >= 4 is 0 Å². The van der Waals surface area contributed by atoms with Crippen molar-refractivity contribution in [3.05, 3.63) is 35.4 Å². The first-order valence-corrected chi connectivity index (χ1v) is 26.8. The second kappa shape index (κ2) is 23.4. The largest absolute Gasteiger partial charge is 0.0625 e. The summed E-state index contributed by atoms with van der Waals surface area (Å²) < 4.78 is 0. The van der Waals surface area contributed by atoms with Crippen LogP contribution in [-0.2, 0) is 0 Å². The highest BCUT2D eigenvalue weighted by atomic mass is 14.5. The zero-order chi connectivity index (χ0) is 45.1. The van der Waals surface area contributed by atoms with Crippen LogP contribution in [0.2, 0.25) is 0 Å². The molecular formula is C60H110. The summed E-state index contributed by atoms with van der Waals surface area (Å²) in [6.45, 7) is 43.2. The molecule has 0 radical (unpaired) electrons. The number of rotatable bonds is 8. The van der Waals surface area contributed by atoms with E-state index in [4.69, 9.17) is 0 Å². The van der Waals surface area contributed by atoms with Gasteiger partial charge in [-0.15, -0.1) is 0 Å². The highest BCUT2D eigenvalue weighted by Crippen LogP contribution is 2.53. The van der Waals surface area contributed by atoms with Crippen LogP contribution >= 0.6 is 0 Å². The maximum Gasteiger partial charge on any atom is -0.0219 e. The van der Waals surface area contributed by atoms with E-state index in [9.17, 15) is 0 Å². The van der Waals surface area contributed by atoms with Crippen LogP contribution in [0.4, 0.5) is 0 Å². The minimum Gasteiger partial charge on any atom is -0.0625 e. The fraction of sp³-hybridized carbons (Fsp3) is 0.900. The fourth-order valence-electron chi connectivity index (χ4n) is 12.2. The first-order chi connectivity index (χ1) is 27.7. The molecule has 0 nitrogen and oxygen atoms in total. The lowest BCUT2D eigenvalue weighted by Gasteiger charge is -2.49. The van der Waals surface area contributed by atoms with Crippen LogP contribution in [0, 0.1) is 74.4 Å². The zero-order valence-corrected chi connectivity index (χ0v) is 44.4. The summed E-state index contributed by atoms with van der Waals surface area (Å²) in [4.78, 5) is 0. The van der Waals surface area contributed by atoms with E-state index in [1.807, 2.05) is 0 Å². The summed E-state index contributed by atoms with van der Waals surface area (Å²) in [6.07, 6.45) is 31.1. The van der Waals surface area contributed by atoms with Crippen LogP contribution in [0.25, 0.3) is 0 Å². The van der Waals surface area contributed by atoms with Gasteiger partial charge in [-0.25, -0.2) is 0 Å². The van der Waals surface area contributed by atoms with E-state index in [2.05, 4.69) is 149 Å². The van der Waals surface area contributed by atoms with Crippen molar-refractivity contribution in [2.24, 2.45) is 74.4 Å². The van der Waals surface area contributed by atoms with Gasteiger partial charge in [-0.3, -0.25) is 0 Å². The van der Waals surface area contributed by atoms with Gasteiger partial charge >= 0.3 is 0 Å². The molecule has 5 fully saturated rings. The van der Waals surface area contributed by atoms with Gasteiger partial charge in [-0.05, 0) is 232 Å². The molecule has 0 saturated heterocycles. The van der Waals surface area contributed by atoms with Gasteiger partial charge in [-0.1, -0.05) is 149 Å². The van der Waals surface area contributed by atoms with E-state index in [0.717, 1.165) is 47.3 Å². The van der Waals surface area contributed by atoms with Crippen molar-refractivity contribution in [3.63, 3.8) is 0 Å². The van der Waals surface area contributed by atoms with Crippen LogP contribution in [0.1, 0.15) is 282 Å². The molecule has 0 atom stereocenters. The Hall–Kier alpha value is -0.780. The first-order valence-electron chi connectivity index (χ1n) is 26.8. The van der Waals surface area contributed by atoms with E-state index in [0.29, 0.717) is 38.9 Å². The molecule has 5 aliphatic carbocycles. The highest BCUT2D eigenvalue weighted by Gasteiger charge is 2.42. The molecular weight excluding hydrogens is 721 g/mol. The Kier molecular flexibility index (Phi) is 20.9. The van der Waals surface area contributed by atoms with Gasteiger partial charge in [-0.2, -0.15) is 0 Å². The molecule has 60 heavy (non-hydrogen) atoms. The fourth-order valence-corrected chi connectivity index (χ4v) is 12.2. The summed E-state index contributed by atoms with van der Waals surface area (Å²) in [7, 11) is 0. The molecule has 0 amide bonds. The highest BCUT2D eigenvalue weighted by molar-refractivity contribution is 5.26. The molecule has 0 unspecified atom stereocenters. The average Bonchev–Trinajstić information content (AvgIpc) is 3.17. The maximum absolute atomic E-state index is 2.58. The second-order valence-electron chi connectivity index (χ2n) is 27.3. The lowest BCUT2D eigenvalue weighted by atomic mass is 9.56. The predicted octanol–water partition coefficient (Wildman–Crippen LogP) is 20.3. The standard InChI is InChI=1S/C19H36.C17H32.C12H24.C12H18/c1-17(2)11-7-15(8-12-17)19(5,6)16-9-13-18(3,4)14-10-16;1-16(2)9-5-14(6-10-16)13-15-7-11-17(3,4)12-8-15;2*1-9(2)11-5-7-12(8-6-11)10(3)4/h15-16H,7-14H2,1-6H3;14-15H,5-13H2,1-4H3;9-12H,5-8H2,1-4H3;5-10H,1-4H3. The van der Waals surface area contributed by atoms with E-state index < -0.39 is 0 Å². The Labute approximate surface area is 379 Å². The van der Waals surface area contributed by atoms with Crippen molar-refractivity contribution in [1.82, 2.24) is 0 Å². The smallest absolute Gasteiger partial charge is 0.0219 e. The summed E-state index contributed by atoms with van der Waals surface area (Å²) >= 11 is 0. The van der Waals surface area contributed by atoms with Gasteiger partial charge in [0.05, 0.1) is 0 Å². The third kappa shape index (κ3) is 18.4. The Bertz CT molecular complexity index is 1160. The summed E-state index contributed by atoms with van der Waals surface area (Å²) in [5.41, 5.74) is 5.95. The molecule has 350 valence electrons. The van der Waals surface area contributed by atoms with Gasteiger partial charge in [0.2, 0.25) is 0 Å². The number of hydrogen-bond donors (Lipinski definition) is 0. The normalized spacial score (nSPS) is 26.4. The Morgan fingerprint density at radius 3 is 0.850 bits per heavy atom. The third-order valence-corrected chi connectivity index (χ3v) is 18.3. The molecule has 0 bridgehead atoms. The molecule has 0 heteroatoms. The summed E-state index contributed by atoms with van der Waals surface area (Å²) in [6, 6.07) is 8.94. The van der Waals surface area contributed by atoms with Gasteiger partial charge < -0.3 is 0 Å². The van der Waals surface area contributed by atoms with Gasteiger partial charge in [0.25, 0.3) is 0 Å². The van der Waals surface area contributed by atoms with Gasteiger partial charge in [0.15, 0.2) is 0 Å². The van der Waals surface area contributed by atoms with Crippen molar-refractivity contribution in [1.29, 1.82) is 0 Å². The average molecular weight is 832 g/mol. The first kappa shape index (κ1) is 53.6. The second-order valence-corrected chi connectivity index (χ2v) is 27.3. The van der Waals surface area contributed by atoms with E-state index >= 15 is 0 Å². The molecule has 0 heterocycles. The molecule has 0 aromatic heterocycles. The number of benzene rings is 1. The van der Waals surface area contributed by atoms with Gasteiger partial charge in [0, 0.05) is 0 Å². The quantitative estimate of drug-likeness (QED) is 0.245. The van der Waals surface area contributed by atoms with E-state index in [-0.39, 0.29) is 0 Å². The molecule has 0 spiro atoms. The monoisotopic (exact) mass is 831 g/mol. The molecule has 1 aromatic carbocycles. The minimum absolute atomic E-state index is 0.576. The summed E-state index contributed by atoms with van der Waals surface area (Å²) in [5.74, 6) is 9.26. The zero-order valence-electron chi connectivity index (χ0n) is 44.4. The van der Waals surface area contributed by atoms with E-state index in [1.165, 1.54) is 140 Å². The number of hydrogen-bond acceptors (Lipinski definition) is 0. The van der Waals surface area contributed by atoms with Crippen LogP contribution in [-0.4, -0.2) is 0 Å². The lowest BCUT2D eigenvalue weighted by Crippen LogP contribution is -2.39. The van der Waals surface area contributed by atoms with Crippen molar-refractivity contribution in [2.75, 3.05) is 0 Å². The van der Waals surface area contributed by atoms with Crippen molar-refractivity contribution in [3.8, 4) is 0 Å². The molecule has 0 aliphatic heterocycles. The van der Waals surface area contributed by atoms with Crippen LogP contribution < -0.4 is 0 Å². The van der Waals surface area contributed by atoms with E-state index in [1.54, 1.807) is 6.42 Å². The van der Waals surface area contributed by atoms with Gasteiger partial charge in [0.1, 0.15) is 0 Å².